The quantitative estimate of drug-likeness (QED) is 0.371. The molecule has 0 radical (unpaired) electrons. The first-order chi connectivity index (χ1) is 9.74. The second kappa shape index (κ2) is 10.6. The predicted molar refractivity (Wildman–Crippen MR) is 73.0 cm³/mol. The maximum atomic E-state index is 11.6. The van der Waals surface area contributed by atoms with Crippen LogP contribution in [0.25, 0.3) is 0 Å². The van der Waals surface area contributed by atoms with Crippen LogP contribution in [-0.2, 0) is 18.9 Å². The summed E-state index contributed by atoms with van der Waals surface area (Å²) < 4.78 is 20.3. The molecule has 1 heterocycles. The third-order valence-corrected chi connectivity index (χ3v) is 2.45. The highest BCUT2D eigenvalue weighted by Crippen LogP contribution is 2.06. The topological polar surface area (TPSA) is 66.9 Å². The van der Waals surface area contributed by atoms with Gasteiger partial charge < -0.3 is 18.9 Å². The number of methoxy groups -OCH3 is 1. The van der Waals surface area contributed by atoms with Crippen molar-refractivity contribution in [1.82, 2.24) is 4.98 Å². The van der Waals surface area contributed by atoms with Crippen LogP contribution in [0.15, 0.2) is 18.3 Å². The van der Waals surface area contributed by atoms with Crippen LogP contribution in [0, 0.1) is 0 Å². The van der Waals surface area contributed by atoms with Crippen LogP contribution < -0.4 is 0 Å². The fraction of sp³-hybridized carbons (Fsp3) is 0.538. The van der Waals surface area contributed by atoms with Gasteiger partial charge >= 0.3 is 5.97 Å². The van der Waals surface area contributed by atoms with Crippen molar-refractivity contribution in [2.75, 3.05) is 46.8 Å². The molecule has 0 aliphatic heterocycles. The Labute approximate surface area is 122 Å². The van der Waals surface area contributed by atoms with Crippen molar-refractivity contribution in [2.24, 2.45) is 0 Å². The van der Waals surface area contributed by atoms with E-state index in [2.05, 4.69) is 4.98 Å². The second-order valence-corrected chi connectivity index (χ2v) is 4.11. The summed E-state index contributed by atoms with van der Waals surface area (Å²) in [5.41, 5.74) is 0.359. The Bertz CT molecular complexity index is 385. The molecule has 0 saturated carbocycles. The van der Waals surface area contributed by atoms with E-state index in [4.69, 9.17) is 30.5 Å². The van der Waals surface area contributed by atoms with E-state index in [1.807, 2.05) is 0 Å². The predicted octanol–water partition coefficient (Wildman–Crippen LogP) is 1.57. The number of hydrogen-bond donors (Lipinski definition) is 0. The van der Waals surface area contributed by atoms with Gasteiger partial charge in [0, 0.05) is 13.3 Å². The average Bonchev–Trinajstić information content (AvgIpc) is 2.46. The molecule has 20 heavy (non-hydrogen) atoms. The zero-order valence-electron chi connectivity index (χ0n) is 11.3. The first-order valence-electron chi connectivity index (χ1n) is 6.17. The number of halogens is 1. The van der Waals surface area contributed by atoms with Gasteiger partial charge in [0.05, 0.1) is 38.6 Å². The van der Waals surface area contributed by atoms with Crippen LogP contribution in [0.3, 0.4) is 0 Å². The molecular formula is C13H18ClNO5. The molecule has 6 nitrogen and oxygen atoms in total. The van der Waals surface area contributed by atoms with Gasteiger partial charge in [-0.25, -0.2) is 9.78 Å². The van der Waals surface area contributed by atoms with Crippen molar-refractivity contribution in [3.63, 3.8) is 0 Å². The minimum absolute atomic E-state index is 0.180. The molecule has 0 fully saturated rings. The van der Waals surface area contributed by atoms with Gasteiger partial charge in [-0.15, -0.1) is 0 Å². The Morgan fingerprint density at radius 3 is 2.35 bits per heavy atom. The van der Waals surface area contributed by atoms with Crippen molar-refractivity contribution in [1.29, 1.82) is 0 Å². The highest BCUT2D eigenvalue weighted by Gasteiger charge is 2.06. The van der Waals surface area contributed by atoms with Crippen LogP contribution in [-0.4, -0.2) is 57.7 Å². The lowest BCUT2D eigenvalue weighted by Crippen LogP contribution is -2.14. The highest BCUT2D eigenvalue weighted by molar-refractivity contribution is 6.29. The Kier molecular flexibility index (Phi) is 8.90. The van der Waals surface area contributed by atoms with Crippen LogP contribution in [0.1, 0.15) is 10.4 Å². The molecule has 0 saturated heterocycles. The van der Waals surface area contributed by atoms with E-state index in [1.165, 1.54) is 12.3 Å². The Hall–Kier alpha value is -1.21. The molecular weight excluding hydrogens is 286 g/mol. The van der Waals surface area contributed by atoms with Crippen molar-refractivity contribution in [3.8, 4) is 0 Å². The van der Waals surface area contributed by atoms with Gasteiger partial charge in [0.1, 0.15) is 11.8 Å². The molecule has 0 atom stereocenters. The summed E-state index contributed by atoms with van der Waals surface area (Å²) in [6, 6.07) is 3.09. The molecule has 0 aliphatic rings. The maximum Gasteiger partial charge on any atom is 0.339 e. The fourth-order valence-corrected chi connectivity index (χ4v) is 1.35. The molecule has 0 N–H and O–H groups in total. The number of carbonyl (C=O) groups excluding carboxylic acids is 1. The summed E-state index contributed by atoms with van der Waals surface area (Å²) in [5.74, 6) is -0.450. The largest absolute Gasteiger partial charge is 0.460 e. The molecule has 0 bridgehead atoms. The minimum Gasteiger partial charge on any atom is -0.460 e. The smallest absolute Gasteiger partial charge is 0.339 e. The number of carbonyl (C=O) groups is 1. The molecule has 0 aromatic carbocycles. The SMILES string of the molecule is COCCOCCOCCOC(=O)c1ccc(Cl)nc1. The van der Waals surface area contributed by atoms with Crippen LogP contribution in [0.2, 0.25) is 5.15 Å². The highest BCUT2D eigenvalue weighted by atomic mass is 35.5. The Morgan fingerprint density at radius 2 is 1.75 bits per heavy atom. The van der Waals surface area contributed by atoms with Crippen molar-refractivity contribution >= 4 is 17.6 Å². The van der Waals surface area contributed by atoms with Gasteiger partial charge in [0.15, 0.2) is 0 Å². The lowest BCUT2D eigenvalue weighted by atomic mass is 10.3. The van der Waals surface area contributed by atoms with Gasteiger partial charge in [-0.2, -0.15) is 0 Å². The van der Waals surface area contributed by atoms with E-state index in [9.17, 15) is 4.79 Å². The number of esters is 1. The standard InChI is InChI=1S/C13H18ClNO5/c1-17-4-5-18-6-7-19-8-9-20-13(16)11-2-3-12(14)15-10-11/h2-3,10H,4-9H2,1H3. The number of pyridine rings is 1. The fourth-order valence-electron chi connectivity index (χ4n) is 1.24. The Balaban J connectivity index is 2.01. The van der Waals surface area contributed by atoms with Crippen molar-refractivity contribution < 1.29 is 23.7 Å². The number of nitrogens with zero attached hydrogens (tertiary/aromatic N) is 1. The number of ether oxygens (including phenoxy) is 4. The van der Waals surface area contributed by atoms with E-state index in [0.717, 1.165) is 0 Å². The number of hydrogen-bond acceptors (Lipinski definition) is 6. The molecule has 1 aromatic rings. The van der Waals surface area contributed by atoms with Crippen LogP contribution in [0.4, 0.5) is 0 Å². The number of aromatic nitrogens is 1. The molecule has 0 spiro atoms. The molecule has 0 unspecified atom stereocenters. The Morgan fingerprint density at radius 1 is 1.10 bits per heavy atom. The van der Waals surface area contributed by atoms with Gasteiger partial charge in [-0.1, -0.05) is 11.6 Å². The zero-order valence-corrected chi connectivity index (χ0v) is 12.1. The van der Waals surface area contributed by atoms with Crippen molar-refractivity contribution in [2.45, 2.75) is 0 Å². The van der Waals surface area contributed by atoms with Crippen molar-refractivity contribution in [3.05, 3.63) is 29.0 Å². The van der Waals surface area contributed by atoms with Gasteiger partial charge in [-0.3, -0.25) is 0 Å². The normalized spacial score (nSPS) is 10.5. The van der Waals surface area contributed by atoms with Crippen LogP contribution >= 0.6 is 11.6 Å². The zero-order chi connectivity index (χ0) is 14.6. The third-order valence-electron chi connectivity index (χ3n) is 2.23. The summed E-state index contributed by atoms with van der Waals surface area (Å²) in [4.78, 5) is 15.4. The van der Waals surface area contributed by atoms with Gasteiger partial charge in [-0.05, 0) is 12.1 Å². The average molecular weight is 304 g/mol. The summed E-state index contributed by atoms with van der Waals surface area (Å²) in [6.45, 7) is 2.53. The molecule has 0 aliphatic carbocycles. The summed E-state index contributed by atoms with van der Waals surface area (Å²) in [5, 5.41) is 0.332. The van der Waals surface area contributed by atoms with E-state index in [0.29, 0.717) is 43.8 Å². The van der Waals surface area contributed by atoms with Gasteiger partial charge in [0.25, 0.3) is 0 Å². The summed E-state index contributed by atoms with van der Waals surface area (Å²) in [6.07, 6.45) is 1.37. The molecule has 7 heteroatoms. The van der Waals surface area contributed by atoms with E-state index >= 15 is 0 Å². The lowest BCUT2D eigenvalue weighted by molar-refractivity contribution is 0.00569. The van der Waals surface area contributed by atoms with Crippen LogP contribution in [0.5, 0.6) is 0 Å². The van der Waals surface area contributed by atoms with Gasteiger partial charge in [0.2, 0.25) is 0 Å². The van der Waals surface area contributed by atoms with E-state index in [1.54, 1.807) is 13.2 Å². The first-order valence-corrected chi connectivity index (χ1v) is 6.55. The van der Waals surface area contributed by atoms with E-state index < -0.39 is 5.97 Å². The third kappa shape index (κ3) is 7.40. The summed E-state index contributed by atoms with van der Waals surface area (Å²) >= 11 is 5.62. The maximum absolute atomic E-state index is 11.6. The number of rotatable bonds is 10. The summed E-state index contributed by atoms with van der Waals surface area (Å²) in [7, 11) is 1.62. The molecule has 1 aromatic heterocycles. The molecule has 1 rings (SSSR count). The monoisotopic (exact) mass is 303 g/mol. The minimum atomic E-state index is -0.450. The first kappa shape index (κ1) is 16.8. The second-order valence-electron chi connectivity index (χ2n) is 3.72. The van der Waals surface area contributed by atoms with E-state index in [-0.39, 0.29) is 6.61 Å². The molecule has 112 valence electrons. The lowest BCUT2D eigenvalue weighted by Gasteiger charge is -2.06. The molecule has 0 amide bonds.